The molecule has 0 radical (unpaired) electrons. The average Bonchev–Trinajstić information content (AvgIpc) is 3.13. The van der Waals surface area contributed by atoms with Crippen LogP contribution >= 0.6 is 0 Å². The third kappa shape index (κ3) is 8.58. The summed E-state index contributed by atoms with van der Waals surface area (Å²) >= 11 is 0. The molecular formula is C40H48BrF2N3O5. The molecule has 0 unspecified atom stereocenters. The molecule has 7 rings (SSSR count). The predicted octanol–water partition coefficient (Wildman–Crippen LogP) is 4.92. The van der Waals surface area contributed by atoms with E-state index in [1.54, 1.807) is 55.0 Å². The number of quaternary nitrogens is 1. The Balaban J connectivity index is 0.00000504. The van der Waals surface area contributed by atoms with Crippen molar-refractivity contribution in [2.45, 2.75) is 58.3 Å². The largest absolute Gasteiger partial charge is 1.00 e. The molecule has 4 aromatic rings. The SMILES string of the molecule is CCN(C(=O)c1cn(-c2ccc(OC)c(OC)c2)c2cc(OCCCCCCC[N+]34CCC(CC3)CC4)ccc2c1=O)c1cc(F)cc(F)c1.[Br-]. The molecule has 3 fully saturated rings. The highest BCUT2D eigenvalue weighted by Crippen LogP contribution is 2.34. The zero-order chi connectivity index (χ0) is 35.3. The highest BCUT2D eigenvalue weighted by atomic mass is 79.9. The van der Waals surface area contributed by atoms with E-state index >= 15 is 0 Å². The number of rotatable bonds is 15. The molecule has 3 aromatic carbocycles. The maximum Gasteiger partial charge on any atom is 0.263 e. The lowest BCUT2D eigenvalue weighted by molar-refractivity contribution is -0.942. The van der Waals surface area contributed by atoms with Crippen molar-refractivity contribution in [3.05, 3.63) is 88.2 Å². The van der Waals surface area contributed by atoms with Crippen molar-refractivity contribution >= 4 is 22.5 Å². The molecule has 0 saturated carbocycles. The van der Waals surface area contributed by atoms with E-state index in [9.17, 15) is 18.4 Å². The van der Waals surface area contributed by atoms with Gasteiger partial charge in [0.2, 0.25) is 5.43 Å². The number of piperidine rings is 3. The number of halogens is 3. The van der Waals surface area contributed by atoms with Crippen LogP contribution in [0.5, 0.6) is 17.2 Å². The van der Waals surface area contributed by atoms with Gasteiger partial charge in [-0.05, 0) is 87.8 Å². The molecule has 1 amide bonds. The van der Waals surface area contributed by atoms with Crippen LogP contribution in [0.1, 0.15) is 68.6 Å². The Morgan fingerprint density at radius 1 is 0.863 bits per heavy atom. The summed E-state index contributed by atoms with van der Waals surface area (Å²) in [6.07, 6.45) is 11.5. The number of methoxy groups -OCH3 is 2. The number of benzene rings is 3. The molecule has 274 valence electrons. The molecule has 3 aliphatic rings. The summed E-state index contributed by atoms with van der Waals surface area (Å²) in [5.74, 6) is 0.277. The van der Waals surface area contributed by atoms with Crippen molar-refractivity contribution in [3.8, 4) is 22.9 Å². The third-order valence-electron chi connectivity index (χ3n) is 10.7. The van der Waals surface area contributed by atoms with Gasteiger partial charge in [-0.2, -0.15) is 0 Å². The molecule has 0 aliphatic carbocycles. The number of ether oxygens (including phenoxy) is 3. The van der Waals surface area contributed by atoms with Crippen LogP contribution in [0.4, 0.5) is 14.5 Å². The van der Waals surface area contributed by atoms with Crippen molar-refractivity contribution < 1.29 is 49.3 Å². The lowest BCUT2D eigenvalue weighted by Crippen LogP contribution is -3.00. The topological polar surface area (TPSA) is 70.0 Å². The first-order valence-corrected chi connectivity index (χ1v) is 17.9. The summed E-state index contributed by atoms with van der Waals surface area (Å²) in [6.45, 7) is 7.80. The van der Waals surface area contributed by atoms with Gasteiger partial charge >= 0.3 is 0 Å². The number of hydrogen-bond donors (Lipinski definition) is 0. The van der Waals surface area contributed by atoms with Crippen LogP contribution in [-0.4, -0.2) is 68.5 Å². The first kappa shape index (κ1) is 38.3. The molecule has 3 saturated heterocycles. The summed E-state index contributed by atoms with van der Waals surface area (Å²) < 4.78 is 48.5. The molecule has 0 spiro atoms. The first-order valence-electron chi connectivity index (χ1n) is 17.9. The molecular weight excluding hydrogens is 720 g/mol. The van der Waals surface area contributed by atoms with E-state index in [-0.39, 0.29) is 34.8 Å². The maximum atomic E-state index is 14.1. The van der Waals surface area contributed by atoms with Crippen LogP contribution in [0.3, 0.4) is 0 Å². The van der Waals surface area contributed by atoms with Crippen LogP contribution in [-0.2, 0) is 0 Å². The number of nitrogens with zero attached hydrogens (tertiary/aromatic N) is 3. The van der Waals surface area contributed by atoms with Gasteiger partial charge in [0, 0.05) is 47.7 Å². The summed E-state index contributed by atoms with van der Waals surface area (Å²) in [6, 6.07) is 13.4. The number of unbranched alkanes of at least 4 members (excludes halogenated alkanes) is 4. The molecule has 11 heteroatoms. The molecule has 3 aliphatic heterocycles. The minimum absolute atomic E-state index is 0. The summed E-state index contributed by atoms with van der Waals surface area (Å²) in [5, 5.41) is 0.295. The maximum absolute atomic E-state index is 14.1. The number of anilines is 1. The van der Waals surface area contributed by atoms with E-state index in [1.807, 2.05) is 0 Å². The van der Waals surface area contributed by atoms with E-state index in [0.717, 1.165) is 37.0 Å². The fourth-order valence-electron chi connectivity index (χ4n) is 7.76. The van der Waals surface area contributed by atoms with Gasteiger partial charge in [-0.15, -0.1) is 0 Å². The Bertz CT molecular complexity index is 1860. The van der Waals surface area contributed by atoms with E-state index in [2.05, 4.69) is 0 Å². The molecule has 4 heterocycles. The Labute approximate surface area is 309 Å². The summed E-state index contributed by atoms with van der Waals surface area (Å²) in [4.78, 5) is 29.0. The van der Waals surface area contributed by atoms with Gasteiger partial charge in [0.1, 0.15) is 22.9 Å². The molecule has 8 nitrogen and oxygen atoms in total. The zero-order valence-corrected chi connectivity index (χ0v) is 31.4. The molecule has 0 N–H and O–H groups in total. The zero-order valence-electron chi connectivity index (χ0n) is 29.8. The molecule has 2 bridgehead atoms. The van der Waals surface area contributed by atoms with Crippen LogP contribution < -0.4 is 41.5 Å². The fourth-order valence-corrected chi connectivity index (χ4v) is 7.76. The van der Waals surface area contributed by atoms with Crippen molar-refractivity contribution in [2.24, 2.45) is 5.92 Å². The van der Waals surface area contributed by atoms with E-state index < -0.39 is 23.0 Å². The minimum atomic E-state index is -0.819. The van der Waals surface area contributed by atoms with E-state index in [1.165, 1.54) is 87.4 Å². The average molecular weight is 769 g/mol. The number of carbonyl (C=O) groups excluding carboxylic acids is 1. The number of amides is 1. The lowest BCUT2D eigenvalue weighted by Gasteiger charge is -2.49. The van der Waals surface area contributed by atoms with Crippen molar-refractivity contribution in [1.29, 1.82) is 0 Å². The quantitative estimate of drug-likeness (QED) is 0.127. The van der Waals surface area contributed by atoms with Gasteiger partial charge in [0.05, 0.1) is 52.5 Å². The van der Waals surface area contributed by atoms with Gasteiger partial charge in [-0.25, -0.2) is 8.78 Å². The number of pyridine rings is 1. The highest BCUT2D eigenvalue weighted by Gasteiger charge is 2.38. The van der Waals surface area contributed by atoms with E-state index in [0.29, 0.717) is 40.4 Å². The summed E-state index contributed by atoms with van der Waals surface area (Å²) in [5.41, 5.74) is 0.513. The highest BCUT2D eigenvalue weighted by molar-refractivity contribution is 6.07. The second kappa shape index (κ2) is 17.0. The fraction of sp³-hybridized carbons (Fsp3) is 0.450. The third-order valence-corrected chi connectivity index (χ3v) is 10.7. The van der Waals surface area contributed by atoms with Crippen LogP contribution in [0.15, 0.2) is 65.6 Å². The van der Waals surface area contributed by atoms with Crippen LogP contribution in [0.25, 0.3) is 16.6 Å². The van der Waals surface area contributed by atoms with Crippen LogP contribution in [0.2, 0.25) is 0 Å². The molecule has 1 aromatic heterocycles. The Morgan fingerprint density at radius 2 is 1.53 bits per heavy atom. The van der Waals surface area contributed by atoms with Gasteiger partial charge in [-0.3, -0.25) is 9.59 Å². The Kier molecular flexibility index (Phi) is 12.8. The number of carbonyl (C=O) groups is 1. The molecule has 0 atom stereocenters. The lowest BCUT2D eigenvalue weighted by atomic mass is 9.85. The van der Waals surface area contributed by atoms with Crippen molar-refractivity contribution in [2.75, 3.05) is 58.5 Å². The second-order valence-electron chi connectivity index (χ2n) is 13.7. The van der Waals surface area contributed by atoms with Gasteiger partial charge in [0.15, 0.2) is 11.5 Å². The van der Waals surface area contributed by atoms with Crippen LogP contribution in [0, 0.1) is 17.6 Å². The van der Waals surface area contributed by atoms with Gasteiger partial charge in [0.25, 0.3) is 5.91 Å². The number of fused-ring (bicyclic) bond motifs is 4. The van der Waals surface area contributed by atoms with Gasteiger partial charge in [-0.1, -0.05) is 12.8 Å². The first-order chi connectivity index (χ1) is 24.2. The minimum Gasteiger partial charge on any atom is -1.00 e. The Hall–Kier alpha value is -3.96. The monoisotopic (exact) mass is 767 g/mol. The number of aromatic nitrogens is 1. The van der Waals surface area contributed by atoms with E-state index in [4.69, 9.17) is 14.2 Å². The normalized spacial score (nSPS) is 17.9. The summed E-state index contributed by atoms with van der Waals surface area (Å²) in [7, 11) is 3.07. The predicted molar refractivity (Wildman–Crippen MR) is 192 cm³/mol. The molecule has 51 heavy (non-hydrogen) atoms. The van der Waals surface area contributed by atoms with Crippen molar-refractivity contribution in [1.82, 2.24) is 4.57 Å². The Morgan fingerprint density at radius 3 is 2.20 bits per heavy atom. The standard InChI is InChI=1S/C40H48F2N3O5.BrH/c1-4-43(32-23-29(41)22-30(42)24-32)40(47)35-27-44(31-10-13-37(48-2)38(25-31)49-3)36-26-33(11-12-34(36)39(35)46)50-21-9-7-5-6-8-17-45-18-14-28(15-19-45)16-20-45;/h10-13,22-28H,4-9,14-21H2,1-3H3;1H/q+1;/p-1. The van der Waals surface area contributed by atoms with Crippen molar-refractivity contribution in [3.63, 3.8) is 0 Å². The second-order valence-corrected chi connectivity index (χ2v) is 13.7. The smallest absolute Gasteiger partial charge is 0.263 e. The van der Waals surface area contributed by atoms with Gasteiger partial charge < -0.3 is 45.1 Å². The number of hydrogen-bond acceptors (Lipinski definition) is 5.